The molecule has 6 heteroatoms. The van der Waals surface area contributed by atoms with Crippen molar-refractivity contribution >= 4 is 23.1 Å². The number of anilines is 1. The fourth-order valence-corrected chi connectivity index (χ4v) is 3.29. The number of carbonyl (C=O) groups is 1. The van der Waals surface area contributed by atoms with Gasteiger partial charge in [-0.25, -0.2) is 9.97 Å². The van der Waals surface area contributed by atoms with Gasteiger partial charge in [0.25, 0.3) is 0 Å². The Morgan fingerprint density at radius 2 is 1.81 bits per heavy atom. The first-order valence-corrected chi connectivity index (χ1v) is 8.67. The summed E-state index contributed by atoms with van der Waals surface area (Å²) in [7, 11) is 0. The van der Waals surface area contributed by atoms with Gasteiger partial charge >= 0.3 is 0 Å². The van der Waals surface area contributed by atoms with Crippen molar-refractivity contribution in [3.8, 4) is 17.1 Å². The number of fused-ring (bicyclic) bond motifs is 1. The number of aromatic nitrogens is 2. The smallest absolute Gasteiger partial charge is 0.209 e. The second-order valence-electron chi connectivity index (χ2n) is 6.54. The van der Waals surface area contributed by atoms with E-state index in [9.17, 15) is 9.90 Å². The number of rotatable bonds is 3. The lowest BCUT2D eigenvalue weighted by molar-refractivity contribution is -0.118. The third kappa shape index (κ3) is 2.94. The van der Waals surface area contributed by atoms with Crippen LogP contribution < -0.4 is 4.90 Å². The second-order valence-corrected chi connectivity index (χ2v) is 6.54. The summed E-state index contributed by atoms with van der Waals surface area (Å²) >= 11 is 0. The summed E-state index contributed by atoms with van der Waals surface area (Å²) < 4.78 is 0. The van der Waals surface area contributed by atoms with Crippen LogP contribution >= 0.6 is 0 Å². The van der Waals surface area contributed by atoms with Crippen molar-refractivity contribution in [3.63, 3.8) is 0 Å². The molecule has 0 bridgehead atoms. The van der Waals surface area contributed by atoms with E-state index in [0.29, 0.717) is 24.5 Å². The Balaban J connectivity index is 1.85. The van der Waals surface area contributed by atoms with E-state index in [4.69, 9.17) is 4.98 Å². The van der Waals surface area contributed by atoms with Crippen molar-refractivity contribution in [2.45, 2.75) is 6.92 Å². The van der Waals surface area contributed by atoms with Crippen LogP contribution in [0.3, 0.4) is 0 Å². The van der Waals surface area contributed by atoms with E-state index < -0.39 is 0 Å². The molecular formula is C20H20N4O2. The predicted octanol–water partition coefficient (Wildman–Crippen LogP) is 2.59. The Morgan fingerprint density at radius 3 is 2.54 bits per heavy atom. The van der Waals surface area contributed by atoms with E-state index in [1.807, 2.05) is 31.2 Å². The van der Waals surface area contributed by atoms with Crippen molar-refractivity contribution in [2.75, 3.05) is 31.1 Å². The number of hydrogen-bond donors (Lipinski definition) is 1. The molecular weight excluding hydrogens is 328 g/mol. The first-order chi connectivity index (χ1) is 12.7. The average molecular weight is 348 g/mol. The van der Waals surface area contributed by atoms with Crippen molar-refractivity contribution in [2.24, 2.45) is 0 Å². The first kappa shape index (κ1) is 16.3. The molecule has 0 spiro atoms. The molecule has 1 fully saturated rings. The standard InChI is InChI=1S/C20H20N4O2/c1-14-6-7-15-17(12-14)21-19(16-4-2-3-5-18(16)26)22-20(15)24-10-8-23(13-25)9-11-24/h2-7,12-13,26H,8-11H2,1H3. The highest BCUT2D eigenvalue weighted by molar-refractivity contribution is 5.92. The molecule has 1 amide bonds. The van der Waals surface area contributed by atoms with Crippen LogP contribution in [0.15, 0.2) is 42.5 Å². The van der Waals surface area contributed by atoms with Gasteiger partial charge in [0.15, 0.2) is 5.82 Å². The summed E-state index contributed by atoms with van der Waals surface area (Å²) in [6.45, 7) is 4.82. The molecule has 6 nitrogen and oxygen atoms in total. The molecule has 2 aromatic carbocycles. The fourth-order valence-electron chi connectivity index (χ4n) is 3.29. The predicted molar refractivity (Wildman–Crippen MR) is 101 cm³/mol. The number of amides is 1. The zero-order valence-corrected chi connectivity index (χ0v) is 14.6. The normalized spacial score (nSPS) is 14.7. The molecule has 1 N–H and O–H groups in total. The minimum Gasteiger partial charge on any atom is -0.507 e. The Kier molecular flexibility index (Phi) is 4.16. The highest BCUT2D eigenvalue weighted by Crippen LogP contribution is 2.32. The van der Waals surface area contributed by atoms with Gasteiger partial charge in [0.05, 0.1) is 11.1 Å². The van der Waals surface area contributed by atoms with Crippen LogP contribution in [0.5, 0.6) is 5.75 Å². The van der Waals surface area contributed by atoms with Crippen LogP contribution in [-0.2, 0) is 4.79 Å². The number of phenolic OH excluding ortho intramolecular Hbond substituents is 1. The number of aryl methyl sites for hydroxylation is 1. The molecule has 0 atom stereocenters. The molecule has 1 saturated heterocycles. The topological polar surface area (TPSA) is 69.6 Å². The van der Waals surface area contributed by atoms with Crippen LogP contribution in [0.4, 0.5) is 5.82 Å². The maximum Gasteiger partial charge on any atom is 0.209 e. The number of benzene rings is 2. The molecule has 3 aromatic rings. The number of piperazine rings is 1. The van der Waals surface area contributed by atoms with E-state index in [0.717, 1.165) is 41.8 Å². The molecule has 2 heterocycles. The molecule has 132 valence electrons. The van der Waals surface area contributed by atoms with E-state index in [2.05, 4.69) is 16.0 Å². The number of phenols is 1. The van der Waals surface area contributed by atoms with Crippen LogP contribution in [-0.4, -0.2) is 52.6 Å². The number of carbonyl (C=O) groups excluding carboxylic acids is 1. The second kappa shape index (κ2) is 6.63. The van der Waals surface area contributed by atoms with Gasteiger partial charge in [-0.3, -0.25) is 4.79 Å². The first-order valence-electron chi connectivity index (χ1n) is 8.67. The van der Waals surface area contributed by atoms with E-state index >= 15 is 0 Å². The van der Waals surface area contributed by atoms with Crippen molar-refractivity contribution in [1.29, 1.82) is 0 Å². The maximum atomic E-state index is 11.0. The minimum absolute atomic E-state index is 0.163. The quantitative estimate of drug-likeness (QED) is 0.737. The van der Waals surface area contributed by atoms with E-state index in [1.54, 1.807) is 17.0 Å². The SMILES string of the molecule is Cc1ccc2c(N3CCN(C=O)CC3)nc(-c3ccccc3O)nc2c1. The van der Waals surface area contributed by atoms with Gasteiger partial charge in [0.2, 0.25) is 6.41 Å². The molecule has 1 aromatic heterocycles. The summed E-state index contributed by atoms with van der Waals surface area (Å²) in [6, 6.07) is 13.2. The van der Waals surface area contributed by atoms with Crippen LogP contribution in [0.25, 0.3) is 22.3 Å². The lowest BCUT2D eigenvalue weighted by Gasteiger charge is -2.34. The van der Waals surface area contributed by atoms with Gasteiger partial charge in [-0.15, -0.1) is 0 Å². The molecule has 1 aliphatic heterocycles. The summed E-state index contributed by atoms with van der Waals surface area (Å²) in [5.41, 5.74) is 2.59. The van der Waals surface area contributed by atoms with Crippen LogP contribution in [0.2, 0.25) is 0 Å². The number of hydrogen-bond acceptors (Lipinski definition) is 5. The number of nitrogens with zero attached hydrogens (tertiary/aromatic N) is 4. The monoisotopic (exact) mass is 348 g/mol. The van der Waals surface area contributed by atoms with Crippen LogP contribution in [0.1, 0.15) is 5.56 Å². The third-order valence-corrected chi connectivity index (χ3v) is 4.74. The Hall–Kier alpha value is -3.15. The van der Waals surface area contributed by atoms with E-state index in [-0.39, 0.29) is 5.75 Å². The highest BCUT2D eigenvalue weighted by Gasteiger charge is 2.21. The summed E-state index contributed by atoms with van der Waals surface area (Å²) in [4.78, 5) is 24.4. The van der Waals surface area contributed by atoms with Gasteiger partial charge in [-0.1, -0.05) is 18.2 Å². The Bertz CT molecular complexity index is 965. The average Bonchev–Trinajstić information content (AvgIpc) is 2.67. The third-order valence-electron chi connectivity index (χ3n) is 4.74. The van der Waals surface area contributed by atoms with Crippen molar-refractivity contribution in [3.05, 3.63) is 48.0 Å². The molecule has 0 saturated carbocycles. The number of para-hydroxylation sites is 1. The molecule has 4 rings (SSSR count). The fraction of sp³-hybridized carbons (Fsp3) is 0.250. The summed E-state index contributed by atoms with van der Waals surface area (Å²) in [5, 5.41) is 11.2. The van der Waals surface area contributed by atoms with E-state index in [1.165, 1.54) is 0 Å². The lowest BCUT2D eigenvalue weighted by Crippen LogP contribution is -2.46. The highest BCUT2D eigenvalue weighted by atomic mass is 16.3. The summed E-state index contributed by atoms with van der Waals surface area (Å²) in [6.07, 6.45) is 0.895. The maximum absolute atomic E-state index is 11.0. The van der Waals surface area contributed by atoms with Crippen molar-refractivity contribution in [1.82, 2.24) is 14.9 Å². The van der Waals surface area contributed by atoms with Gasteiger partial charge in [0.1, 0.15) is 11.6 Å². The molecule has 0 radical (unpaired) electrons. The largest absolute Gasteiger partial charge is 0.507 e. The van der Waals surface area contributed by atoms with Gasteiger partial charge in [0, 0.05) is 31.6 Å². The zero-order valence-electron chi connectivity index (χ0n) is 14.6. The number of aromatic hydroxyl groups is 1. The molecule has 26 heavy (non-hydrogen) atoms. The molecule has 1 aliphatic rings. The van der Waals surface area contributed by atoms with Crippen LogP contribution in [0, 0.1) is 6.92 Å². The van der Waals surface area contributed by atoms with Crippen molar-refractivity contribution < 1.29 is 9.90 Å². The van der Waals surface area contributed by atoms with Gasteiger partial charge in [-0.05, 0) is 36.8 Å². The summed E-state index contributed by atoms with van der Waals surface area (Å²) in [5.74, 6) is 1.52. The molecule has 0 aliphatic carbocycles. The minimum atomic E-state index is 0.163. The Labute approximate surface area is 151 Å². The molecule has 0 unspecified atom stereocenters. The zero-order chi connectivity index (χ0) is 18.1. The lowest BCUT2D eigenvalue weighted by atomic mass is 10.1. The Morgan fingerprint density at radius 1 is 1.04 bits per heavy atom. The van der Waals surface area contributed by atoms with Gasteiger partial charge in [-0.2, -0.15) is 0 Å². The van der Waals surface area contributed by atoms with Gasteiger partial charge < -0.3 is 14.9 Å².